The Labute approximate surface area is 221 Å². The van der Waals surface area contributed by atoms with Crippen molar-refractivity contribution in [3.05, 3.63) is 66.4 Å². The highest BCUT2D eigenvalue weighted by Crippen LogP contribution is 2.33. The second-order valence-electron chi connectivity index (χ2n) is 9.37. The fourth-order valence-corrected chi connectivity index (χ4v) is 4.47. The molecular formula is C28H31N5O5. The smallest absolute Gasteiger partial charge is 0.242 e. The molecule has 3 aromatic rings. The molecule has 1 fully saturated rings. The quantitative estimate of drug-likeness (QED) is 0.486. The van der Waals surface area contributed by atoms with Gasteiger partial charge in [-0.25, -0.2) is 4.98 Å². The number of piperazine rings is 1. The Balaban J connectivity index is 1.10. The minimum Gasteiger partial charge on any atom is -0.454 e. The molecule has 0 aliphatic carbocycles. The van der Waals surface area contributed by atoms with Gasteiger partial charge in [-0.1, -0.05) is 12.1 Å². The van der Waals surface area contributed by atoms with Crippen LogP contribution in [0, 0.1) is 0 Å². The van der Waals surface area contributed by atoms with Crippen LogP contribution < -0.4 is 24.4 Å². The number of benzene rings is 2. The lowest BCUT2D eigenvalue weighted by Crippen LogP contribution is -2.50. The molecule has 2 aliphatic heterocycles. The molecule has 0 spiro atoms. The molecule has 1 aromatic heterocycles. The Bertz CT molecular complexity index is 1290. The molecule has 0 saturated carbocycles. The van der Waals surface area contributed by atoms with Crippen molar-refractivity contribution < 1.29 is 23.8 Å². The van der Waals surface area contributed by atoms with Gasteiger partial charge < -0.3 is 29.3 Å². The molecule has 38 heavy (non-hydrogen) atoms. The van der Waals surface area contributed by atoms with Crippen LogP contribution in [0.5, 0.6) is 23.1 Å². The number of fused-ring (bicyclic) bond motifs is 1. The maximum Gasteiger partial charge on any atom is 0.242 e. The summed E-state index contributed by atoms with van der Waals surface area (Å²) in [6, 6.07) is 17.0. The molecule has 0 radical (unpaired) electrons. The van der Waals surface area contributed by atoms with Gasteiger partial charge >= 0.3 is 0 Å². The molecule has 198 valence electrons. The van der Waals surface area contributed by atoms with Gasteiger partial charge in [0.05, 0.1) is 18.4 Å². The Morgan fingerprint density at radius 1 is 1.03 bits per heavy atom. The normalized spacial score (nSPS) is 14.7. The van der Waals surface area contributed by atoms with Crippen LogP contribution in [0.25, 0.3) is 0 Å². The highest BCUT2D eigenvalue weighted by Gasteiger charge is 2.23. The fraction of sp³-hybridized carbons (Fsp3) is 0.321. The van der Waals surface area contributed by atoms with Gasteiger partial charge in [0, 0.05) is 64.5 Å². The fourth-order valence-electron chi connectivity index (χ4n) is 4.47. The predicted octanol–water partition coefficient (Wildman–Crippen LogP) is 3.34. The molecular weight excluding hydrogens is 486 g/mol. The summed E-state index contributed by atoms with van der Waals surface area (Å²) < 4.78 is 16.7. The number of ether oxygens (including phenoxy) is 3. The Morgan fingerprint density at radius 3 is 2.61 bits per heavy atom. The monoisotopic (exact) mass is 517 g/mol. The van der Waals surface area contributed by atoms with Gasteiger partial charge in [-0.3, -0.25) is 14.5 Å². The van der Waals surface area contributed by atoms with E-state index in [0.29, 0.717) is 30.4 Å². The lowest BCUT2D eigenvalue weighted by Gasteiger charge is -2.35. The number of carbonyl (C=O) groups is 2. The lowest BCUT2D eigenvalue weighted by atomic mass is 10.1. The first-order valence-corrected chi connectivity index (χ1v) is 12.5. The van der Waals surface area contributed by atoms with Crippen molar-refractivity contribution in [1.29, 1.82) is 0 Å². The van der Waals surface area contributed by atoms with Crippen molar-refractivity contribution in [2.45, 2.75) is 13.5 Å². The van der Waals surface area contributed by atoms with Crippen molar-refractivity contribution >= 4 is 23.2 Å². The molecule has 10 heteroatoms. The Morgan fingerprint density at radius 2 is 1.84 bits per heavy atom. The topological polar surface area (TPSA) is 96.5 Å². The van der Waals surface area contributed by atoms with Gasteiger partial charge in [-0.15, -0.1) is 0 Å². The Hall–Kier alpha value is -4.31. The molecule has 0 unspecified atom stereocenters. The Kier molecular flexibility index (Phi) is 7.60. The maximum atomic E-state index is 13.0. The highest BCUT2D eigenvalue weighted by atomic mass is 16.7. The number of amides is 2. The number of carbonyl (C=O) groups excluding carboxylic acids is 2. The number of anilines is 2. The molecule has 0 bridgehead atoms. The number of hydrogen-bond donors (Lipinski definition) is 1. The van der Waals surface area contributed by atoms with Crippen LogP contribution in [0.15, 0.2) is 60.8 Å². The van der Waals surface area contributed by atoms with E-state index in [4.69, 9.17) is 14.2 Å². The minimum absolute atomic E-state index is 0.0942. The third kappa shape index (κ3) is 6.33. The lowest BCUT2D eigenvalue weighted by molar-refractivity contribution is -0.131. The van der Waals surface area contributed by atoms with E-state index in [1.807, 2.05) is 53.2 Å². The van der Waals surface area contributed by atoms with Crippen LogP contribution in [-0.2, 0) is 16.1 Å². The van der Waals surface area contributed by atoms with E-state index in [9.17, 15) is 9.59 Å². The van der Waals surface area contributed by atoms with Crippen molar-refractivity contribution in [2.24, 2.45) is 0 Å². The molecule has 10 nitrogen and oxygen atoms in total. The summed E-state index contributed by atoms with van der Waals surface area (Å²) in [5.74, 6) is 2.54. The SMILES string of the molecule is CC(=O)Nc1ccc(Oc2cccc(N(C)CC(=O)N3CCN(Cc4ccc5c(c4)OCO5)CC3)c2)nc1. The molecule has 3 heterocycles. The largest absolute Gasteiger partial charge is 0.454 e. The van der Waals surface area contributed by atoms with Crippen LogP contribution in [0.4, 0.5) is 11.4 Å². The van der Waals surface area contributed by atoms with E-state index in [0.717, 1.165) is 36.8 Å². The summed E-state index contributed by atoms with van der Waals surface area (Å²) in [6.45, 7) is 5.84. The zero-order valence-corrected chi connectivity index (χ0v) is 21.6. The highest BCUT2D eigenvalue weighted by molar-refractivity contribution is 5.88. The number of aromatic nitrogens is 1. The van der Waals surface area contributed by atoms with Crippen LogP contribution in [-0.4, -0.2) is 73.2 Å². The van der Waals surface area contributed by atoms with Crippen molar-refractivity contribution in [3.63, 3.8) is 0 Å². The first kappa shape index (κ1) is 25.3. The molecule has 1 saturated heterocycles. The van der Waals surface area contributed by atoms with E-state index in [1.54, 1.807) is 18.3 Å². The van der Waals surface area contributed by atoms with Gasteiger partial charge in [0.15, 0.2) is 11.5 Å². The minimum atomic E-state index is -0.158. The first-order chi connectivity index (χ1) is 18.4. The number of likely N-dealkylation sites (N-methyl/N-ethyl adjacent to an activating group) is 1. The summed E-state index contributed by atoms with van der Waals surface area (Å²) in [5, 5.41) is 2.68. The predicted molar refractivity (Wildman–Crippen MR) is 143 cm³/mol. The third-order valence-corrected chi connectivity index (χ3v) is 6.48. The van der Waals surface area contributed by atoms with Gasteiger partial charge in [-0.05, 0) is 35.9 Å². The summed E-state index contributed by atoms with van der Waals surface area (Å²) in [7, 11) is 1.90. The van der Waals surface area contributed by atoms with E-state index < -0.39 is 0 Å². The number of pyridine rings is 1. The molecule has 2 amide bonds. The van der Waals surface area contributed by atoms with Gasteiger partial charge in [0.25, 0.3) is 0 Å². The van der Waals surface area contributed by atoms with Crippen molar-refractivity contribution in [3.8, 4) is 23.1 Å². The third-order valence-electron chi connectivity index (χ3n) is 6.48. The van der Waals surface area contributed by atoms with Crippen LogP contribution >= 0.6 is 0 Å². The molecule has 5 rings (SSSR count). The molecule has 0 atom stereocenters. The van der Waals surface area contributed by atoms with Gasteiger partial charge in [0.2, 0.25) is 24.5 Å². The average Bonchev–Trinajstić information content (AvgIpc) is 3.38. The first-order valence-electron chi connectivity index (χ1n) is 12.5. The number of nitrogens with one attached hydrogen (secondary N) is 1. The summed E-state index contributed by atoms with van der Waals surface area (Å²) in [5.41, 5.74) is 2.65. The van der Waals surface area contributed by atoms with Crippen LogP contribution in [0.3, 0.4) is 0 Å². The number of rotatable bonds is 8. The van der Waals surface area contributed by atoms with Crippen LogP contribution in [0.1, 0.15) is 12.5 Å². The number of hydrogen-bond acceptors (Lipinski definition) is 8. The van der Waals surface area contributed by atoms with E-state index in [-0.39, 0.29) is 25.2 Å². The second-order valence-corrected chi connectivity index (χ2v) is 9.37. The summed E-state index contributed by atoms with van der Waals surface area (Å²) in [4.78, 5) is 34.6. The van der Waals surface area contributed by atoms with Crippen LogP contribution in [0.2, 0.25) is 0 Å². The molecule has 2 aliphatic rings. The zero-order chi connectivity index (χ0) is 26.5. The number of nitrogens with zero attached hydrogens (tertiary/aromatic N) is 4. The molecule has 2 aromatic carbocycles. The molecule has 1 N–H and O–H groups in total. The average molecular weight is 518 g/mol. The van der Waals surface area contributed by atoms with E-state index in [1.165, 1.54) is 12.5 Å². The summed E-state index contributed by atoms with van der Waals surface area (Å²) >= 11 is 0. The zero-order valence-electron chi connectivity index (χ0n) is 21.6. The maximum absolute atomic E-state index is 13.0. The van der Waals surface area contributed by atoms with Crippen molar-refractivity contribution in [2.75, 3.05) is 56.8 Å². The van der Waals surface area contributed by atoms with Gasteiger partial charge in [-0.2, -0.15) is 0 Å². The van der Waals surface area contributed by atoms with Crippen molar-refractivity contribution in [1.82, 2.24) is 14.8 Å². The van der Waals surface area contributed by atoms with E-state index >= 15 is 0 Å². The second kappa shape index (κ2) is 11.4. The van der Waals surface area contributed by atoms with E-state index in [2.05, 4.69) is 21.3 Å². The standard InChI is InChI=1S/C28H31N5O5/c1-20(34)30-22-7-9-27(29-16-22)38-24-5-3-4-23(15-24)31(2)18-28(35)33-12-10-32(11-13-33)17-21-6-8-25-26(14-21)37-19-36-25/h3-9,14-16H,10-13,17-19H2,1-2H3,(H,30,34). The van der Waals surface area contributed by atoms with Gasteiger partial charge in [0.1, 0.15) is 5.75 Å². The summed E-state index contributed by atoms with van der Waals surface area (Å²) in [6.07, 6.45) is 1.54.